The van der Waals surface area contributed by atoms with Crippen LogP contribution >= 0.6 is 11.6 Å². The zero-order chi connectivity index (χ0) is 18.0. The Morgan fingerprint density at radius 1 is 1.28 bits per heavy atom. The maximum absolute atomic E-state index is 12.5. The number of hydrogen-bond donors (Lipinski definition) is 1. The number of hydrogen-bond acceptors (Lipinski definition) is 2. The van der Waals surface area contributed by atoms with Crippen molar-refractivity contribution in [2.75, 3.05) is 0 Å². The van der Waals surface area contributed by atoms with Crippen molar-refractivity contribution in [3.05, 3.63) is 64.2 Å². The van der Waals surface area contributed by atoms with Crippen LogP contribution in [0.25, 0.3) is 0 Å². The predicted octanol–water partition coefficient (Wildman–Crippen LogP) is 5.00. The molecule has 1 atom stereocenters. The maximum Gasteiger partial charge on any atom is 0.220 e. The van der Waals surface area contributed by atoms with E-state index in [9.17, 15) is 4.79 Å². The number of carbonyl (C=O) groups is 1. The predicted molar refractivity (Wildman–Crippen MR) is 101 cm³/mol. The molecule has 0 spiro atoms. The lowest BCUT2D eigenvalue weighted by Crippen LogP contribution is -2.41. The molecule has 1 aliphatic heterocycles. The van der Waals surface area contributed by atoms with Gasteiger partial charge in [0.15, 0.2) is 0 Å². The molecule has 0 aromatic heterocycles. The fraction of sp³-hybridized carbons (Fsp3) is 0.381. The van der Waals surface area contributed by atoms with Crippen LogP contribution in [0.3, 0.4) is 0 Å². The summed E-state index contributed by atoms with van der Waals surface area (Å²) in [4.78, 5) is 12.5. The number of benzene rings is 2. The Kier molecular flexibility index (Phi) is 5.05. The van der Waals surface area contributed by atoms with Gasteiger partial charge in [0, 0.05) is 23.4 Å². The summed E-state index contributed by atoms with van der Waals surface area (Å²) in [5.74, 6) is 0.904. The number of amides is 1. The Balaban J connectivity index is 1.70. The molecule has 0 radical (unpaired) electrons. The van der Waals surface area contributed by atoms with E-state index in [2.05, 4.69) is 31.3 Å². The highest BCUT2D eigenvalue weighted by Crippen LogP contribution is 2.39. The molecule has 0 saturated carbocycles. The van der Waals surface area contributed by atoms with Crippen LogP contribution in [0, 0.1) is 6.92 Å². The van der Waals surface area contributed by atoms with Crippen molar-refractivity contribution in [3.63, 3.8) is 0 Å². The molecule has 1 aliphatic rings. The fourth-order valence-electron chi connectivity index (χ4n) is 3.30. The van der Waals surface area contributed by atoms with Crippen molar-refractivity contribution >= 4 is 17.5 Å². The number of ether oxygens (including phenoxy) is 1. The first kappa shape index (κ1) is 17.8. The molecule has 0 fully saturated rings. The van der Waals surface area contributed by atoms with Gasteiger partial charge in [0.25, 0.3) is 0 Å². The lowest BCUT2D eigenvalue weighted by molar-refractivity contribution is -0.122. The lowest BCUT2D eigenvalue weighted by atomic mass is 9.89. The highest BCUT2D eigenvalue weighted by Gasteiger charge is 2.34. The van der Waals surface area contributed by atoms with E-state index in [1.807, 2.05) is 37.3 Å². The molecule has 25 heavy (non-hydrogen) atoms. The van der Waals surface area contributed by atoms with E-state index in [0.717, 1.165) is 28.9 Å². The van der Waals surface area contributed by atoms with Crippen LogP contribution in [0.4, 0.5) is 0 Å². The first-order valence-corrected chi connectivity index (χ1v) is 9.04. The molecular formula is C21H24ClNO2. The smallest absolute Gasteiger partial charge is 0.220 e. The quantitative estimate of drug-likeness (QED) is 0.836. The van der Waals surface area contributed by atoms with Crippen LogP contribution in [0.15, 0.2) is 42.5 Å². The topological polar surface area (TPSA) is 38.3 Å². The van der Waals surface area contributed by atoms with Gasteiger partial charge in [0.1, 0.15) is 11.4 Å². The number of rotatable bonds is 4. The van der Waals surface area contributed by atoms with Crippen LogP contribution in [0.2, 0.25) is 5.02 Å². The van der Waals surface area contributed by atoms with Crippen LogP contribution in [0.5, 0.6) is 5.75 Å². The average molecular weight is 358 g/mol. The third-order valence-corrected chi connectivity index (χ3v) is 4.91. The van der Waals surface area contributed by atoms with Gasteiger partial charge < -0.3 is 10.1 Å². The van der Waals surface area contributed by atoms with E-state index in [1.165, 1.54) is 0 Å². The average Bonchev–Trinajstić information content (AvgIpc) is 2.52. The molecule has 2 aromatic rings. The van der Waals surface area contributed by atoms with Gasteiger partial charge in [0.05, 0.1) is 6.04 Å². The summed E-state index contributed by atoms with van der Waals surface area (Å²) in [5, 5.41) is 3.89. The number of aryl methyl sites for hydroxylation is 2. The third kappa shape index (κ3) is 4.35. The summed E-state index contributed by atoms with van der Waals surface area (Å²) in [6, 6.07) is 13.8. The van der Waals surface area contributed by atoms with E-state index < -0.39 is 0 Å². The number of halogens is 1. The molecule has 4 heteroatoms. The minimum absolute atomic E-state index is 0.0295. The largest absolute Gasteiger partial charge is 0.487 e. The second kappa shape index (κ2) is 7.09. The van der Waals surface area contributed by atoms with Gasteiger partial charge in [-0.05, 0) is 50.5 Å². The molecule has 1 N–H and O–H groups in total. The molecule has 0 bridgehead atoms. The van der Waals surface area contributed by atoms with Gasteiger partial charge in [-0.3, -0.25) is 4.79 Å². The van der Waals surface area contributed by atoms with E-state index in [-0.39, 0.29) is 17.6 Å². The van der Waals surface area contributed by atoms with Crippen LogP contribution in [-0.2, 0) is 11.2 Å². The second-order valence-electron chi connectivity index (χ2n) is 7.32. The van der Waals surface area contributed by atoms with E-state index in [0.29, 0.717) is 17.9 Å². The van der Waals surface area contributed by atoms with Gasteiger partial charge in [-0.25, -0.2) is 0 Å². The molecule has 0 saturated heterocycles. The summed E-state index contributed by atoms with van der Waals surface area (Å²) in [7, 11) is 0. The highest BCUT2D eigenvalue weighted by molar-refractivity contribution is 6.31. The molecular weight excluding hydrogens is 334 g/mol. The zero-order valence-electron chi connectivity index (χ0n) is 14.9. The highest BCUT2D eigenvalue weighted by atomic mass is 35.5. The first-order chi connectivity index (χ1) is 11.8. The summed E-state index contributed by atoms with van der Waals surface area (Å²) in [5.41, 5.74) is 2.90. The summed E-state index contributed by atoms with van der Waals surface area (Å²) >= 11 is 6.17. The minimum Gasteiger partial charge on any atom is -0.487 e. The normalized spacial score (nSPS) is 18.2. The Labute approximate surface area is 154 Å². The maximum atomic E-state index is 12.5. The van der Waals surface area contributed by atoms with Gasteiger partial charge in [0.2, 0.25) is 5.91 Å². The van der Waals surface area contributed by atoms with Crippen molar-refractivity contribution in [2.24, 2.45) is 0 Å². The van der Waals surface area contributed by atoms with Crippen molar-refractivity contribution in [3.8, 4) is 5.75 Å². The molecule has 1 amide bonds. The monoisotopic (exact) mass is 357 g/mol. The molecule has 2 aromatic carbocycles. The van der Waals surface area contributed by atoms with E-state index in [4.69, 9.17) is 16.3 Å². The number of nitrogens with one attached hydrogen (secondary N) is 1. The van der Waals surface area contributed by atoms with Crippen molar-refractivity contribution in [2.45, 2.75) is 51.7 Å². The molecule has 0 unspecified atom stereocenters. The Morgan fingerprint density at radius 2 is 2.04 bits per heavy atom. The second-order valence-corrected chi connectivity index (χ2v) is 7.73. The molecule has 3 nitrogen and oxygen atoms in total. The standard InChI is InChI=1S/C21H24ClNO2/c1-14-8-10-16-18(13-21(2,3)25-19(16)12-14)23-20(24)11-9-15-6-4-5-7-17(15)22/h4-8,10,12,18H,9,11,13H2,1-3H3,(H,23,24)/t18-/m1/s1. The summed E-state index contributed by atoms with van der Waals surface area (Å²) in [6.07, 6.45) is 1.81. The molecule has 1 heterocycles. The number of carbonyl (C=O) groups excluding carboxylic acids is 1. The van der Waals surface area contributed by atoms with Crippen LogP contribution in [-0.4, -0.2) is 11.5 Å². The Hall–Kier alpha value is -2.00. The number of fused-ring (bicyclic) bond motifs is 1. The van der Waals surface area contributed by atoms with Gasteiger partial charge in [-0.15, -0.1) is 0 Å². The lowest BCUT2D eigenvalue weighted by Gasteiger charge is -2.38. The van der Waals surface area contributed by atoms with Crippen LogP contribution in [0.1, 0.15) is 49.4 Å². The fourth-order valence-corrected chi connectivity index (χ4v) is 3.53. The van der Waals surface area contributed by atoms with Crippen molar-refractivity contribution in [1.82, 2.24) is 5.32 Å². The molecule has 132 valence electrons. The van der Waals surface area contributed by atoms with Gasteiger partial charge in [-0.2, -0.15) is 0 Å². The van der Waals surface area contributed by atoms with Crippen molar-refractivity contribution < 1.29 is 9.53 Å². The van der Waals surface area contributed by atoms with Gasteiger partial charge in [-0.1, -0.05) is 41.9 Å². The zero-order valence-corrected chi connectivity index (χ0v) is 15.7. The SMILES string of the molecule is Cc1ccc2c(c1)OC(C)(C)C[C@H]2NC(=O)CCc1ccccc1Cl. The summed E-state index contributed by atoms with van der Waals surface area (Å²) in [6.45, 7) is 6.16. The van der Waals surface area contributed by atoms with Crippen LogP contribution < -0.4 is 10.1 Å². The molecule has 0 aliphatic carbocycles. The van der Waals surface area contributed by atoms with E-state index in [1.54, 1.807) is 0 Å². The Bertz CT molecular complexity index is 785. The van der Waals surface area contributed by atoms with Crippen molar-refractivity contribution in [1.29, 1.82) is 0 Å². The Morgan fingerprint density at radius 3 is 2.80 bits per heavy atom. The third-order valence-electron chi connectivity index (χ3n) is 4.54. The first-order valence-electron chi connectivity index (χ1n) is 8.66. The van der Waals surface area contributed by atoms with Gasteiger partial charge >= 0.3 is 0 Å². The molecule has 3 rings (SSSR count). The van der Waals surface area contributed by atoms with E-state index >= 15 is 0 Å². The summed E-state index contributed by atoms with van der Waals surface area (Å²) < 4.78 is 6.09. The minimum atomic E-state index is -0.304.